The number of hydrogen-bond acceptors (Lipinski definition) is 2. The van der Waals surface area contributed by atoms with Crippen LogP contribution in [0.2, 0.25) is 0 Å². The summed E-state index contributed by atoms with van der Waals surface area (Å²) in [5, 5.41) is 0. The molecule has 0 spiro atoms. The molecule has 0 unspecified atom stereocenters. The van der Waals surface area contributed by atoms with Crippen molar-refractivity contribution < 1.29 is 0 Å². The van der Waals surface area contributed by atoms with Gasteiger partial charge in [-0.3, -0.25) is 0 Å². The van der Waals surface area contributed by atoms with Gasteiger partial charge in [-0.15, -0.1) is 0 Å². The molecule has 0 aliphatic rings. The highest BCUT2D eigenvalue weighted by Gasteiger charge is 2.09. The van der Waals surface area contributed by atoms with Crippen molar-refractivity contribution in [3.05, 3.63) is 29.6 Å². The Hall–Kier alpha value is -1.35. The van der Waals surface area contributed by atoms with E-state index in [2.05, 4.69) is 36.6 Å². The summed E-state index contributed by atoms with van der Waals surface area (Å²) in [5.41, 5.74) is 9.13. The number of fused-ring (bicyclic) bond motifs is 1. The molecule has 0 saturated carbocycles. The molecule has 0 aliphatic carbocycles. The van der Waals surface area contributed by atoms with Crippen molar-refractivity contribution in [1.29, 1.82) is 0 Å². The van der Waals surface area contributed by atoms with Crippen molar-refractivity contribution >= 4 is 11.0 Å². The molecule has 0 amide bonds. The van der Waals surface area contributed by atoms with Crippen LogP contribution in [0.3, 0.4) is 0 Å². The minimum absolute atomic E-state index is 0.583. The maximum absolute atomic E-state index is 5.66. The van der Waals surface area contributed by atoms with E-state index in [0.29, 0.717) is 6.54 Å². The summed E-state index contributed by atoms with van der Waals surface area (Å²) >= 11 is 0. The Morgan fingerprint density at radius 2 is 2.12 bits per heavy atom. The molecule has 0 saturated heterocycles. The standard InChI is InChI=1S/C14H21N3/c1-3-5-6-14-16-12-9-11(10-15)7-8-13(12)17(14)4-2/h7-9H,3-6,10,15H2,1-2H3. The summed E-state index contributed by atoms with van der Waals surface area (Å²) in [5.74, 6) is 1.21. The number of nitrogens with zero attached hydrogens (tertiary/aromatic N) is 2. The Bertz CT molecular complexity index is 499. The second-order valence-corrected chi connectivity index (χ2v) is 4.40. The topological polar surface area (TPSA) is 43.8 Å². The van der Waals surface area contributed by atoms with Crippen LogP contribution >= 0.6 is 0 Å². The monoisotopic (exact) mass is 231 g/mol. The summed E-state index contributed by atoms with van der Waals surface area (Å²) < 4.78 is 2.31. The fraction of sp³-hybridized carbons (Fsp3) is 0.500. The second-order valence-electron chi connectivity index (χ2n) is 4.40. The molecular formula is C14H21N3. The van der Waals surface area contributed by atoms with Gasteiger partial charge in [0.05, 0.1) is 11.0 Å². The zero-order chi connectivity index (χ0) is 12.3. The number of benzene rings is 1. The molecule has 1 heterocycles. The Morgan fingerprint density at radius 1 is 1.29 bits per heavy atom. The van der Waals surface area contributed by atoms with E-state index >= 15 is 0 Å². The van der Waals surface area contributed by atoms with Crippen molar-refractivity contribution in [1.82, 2.24) is 9.55 Å². The van der Waals surface area contributed by atoms with Gasteiger partial charge in [0.15, 0.2) is 0 Å². The molecule has 1 aromatic carbocycles. The number of aromatic nitrogens is 2. The zero-order valence-electron chi connectivity index (χ0n) is 10.7. The van der Waals surface area contributed by atoms with Gasteiger partial charge in [0, 0.05) is 19.5 Å². The molecule has 0 radical (unpaired) electrons. The average molecular weight is 231 g/mol. The molecular weight excluding hydrogens is 210 g/mol. The molecule has 0 fully saturated rings. The lowest BCUT2D eigenvalue weighted by Crippen LogP contribution is -2.01. The highest BCUT2D eigenvalue weighted by molar-refractivity contribution is 5.77. The van der Waals surface area contributed by atoms with Gasteiger partial charge < -0.3 is 10.3 Å². The Morgan fingerprint density at radius 3 is 2.76 bits per heavy atom. The summed E-state index contributed by atoms with van der Waals surface area (Å²) in [6.45, 7) is 5.95. The van der Waals surface area contributed by atoms with E-state index in [9.17, 15) is 0 Å². The molecule has 3 heteroatoms. The number of rotatable bonds is 5. The summed E-state index contributed by atoms with van der Waals surface area (Å²) in [6, 6.07) is 6.35. The van der Waals surface area contributed by atoms with Gasteiger partial charge in [0.25, 0.3) is 0 Å². The summed E-state index contributed by atoms with van der Waals surface area (Å²) in [7, 11) is 0. The van der Waals surface area contributed by atoms with E-state index < -0.39 is 0 Å². The van der Waals surface area contributed by atoms with Crippen LogP contribution in [0, 0.1) is 0 Å². The smallest absolute Gasteiger partial charge is 0.109 e. The number of imidazole rings is 1. The Kier molecular flexibility index (Phi) is 3.79. The third-order valence-corrected chi connectivity index (χ3v) is 3.20. The van der Waals surface area contributed by atoms with Crippen LogP contribution in [-0.2, 0) is 19.5 Å². The molecule has 3 nitrogen and oxygen atoms in total. The number of aryl methyl sites for hydroxylation is 2. The minimum atomic E-state index is 0.583. The van der Waals surface area contributed by atoms with Gasteiger partial charge in [0.1, 0.15) is 5.82 Å². The Balaban J connectivity index is 2.46. The van der Waals surface area contributed by atoms with Crippen LogP contribution < -0.4 is 5.73 Å². The lowest BCUT2D eigenvalue weighted by molar-refractivity contribution is 0.675. The zero-order valence-corrected chi connectivity index (χ0v) is 10.7. The normalized spacial score (nSPS) is 11.2. The fourth-order valence-corrected chi connectivity index (χ4v) is 2.23. The predicted molar refractivity (Wildman–Crippen MR) is 71.9 cm³/mol. The van der Waals surface area contributed by atoms with Gasteiger partial charge >= 0.3 is 0 Å². The summed E-state index contributed by atoms with van der Waals surface area (Å²) in [6.07, 6.45) is 3.48. The maximum Gasteiger partial charge on any atom is 0.109 e. The quantitative estimate of drug-likeness (QED) is 0.860. The van der Waals surface area contributed by atoms with E-state index in [1.54, 1.807) is 0 Å². The number of hydrogen-bond donors (Lipinski definition) is 1. The Labute approximate surface area is 103 Å². The van der Waals surface area contributed by atoms with E-state index in [1.165, 1.54) is 24.2 Å². The molecule has 0 atom stereocenters. The minimum Gasteiger partial charge on any atom is -0.328 e. The second kappa shape index (κ2) is 5.32. The van der Waals surface area contributed by atoms with Crippen molar-refractivity contribution in [3.8, 4) is 0 Å². The third kappa shape index (κ3) is 2.34. The van der Waals surface area contributed by atoms with Crippen LogP contribution in [0.15, 0.2) is 18.2 Å². The SMILES string of the molecule is CCCCc1nc2cc(CN)ccc2n1CC. The van der Waals surface area contributed by atoms with E-state index in [4.69, 9.17) is 10.7 Å². The highest BCUT2D eigenvalue weighted by Crippen LogP contribution is 2.19. The average Bonchev–Trinajstić information content (AvgIpc) is 2.72. The van der Waals surface area contributed by atoms with Gasteiger partial charge in [-0.25, -0.2) is 4.98 Å². The first-order valence-corrected chi connectivity index (χ1v) is 6.48. The molecule has 0 aliphatic heterocycles. The first-order chi connectivity index (χ1) is 8.30. The fourth-order valence-electron chi connectivity index (χ4n) is 2.23. The van der Waals surface area contributed by atoms with E-state index in [0.717, 1.165) is 24.0 Å². The molecule has 2 rings (SSSR count). The van der Waals surface area contributed by atoms with Crippen molar-refractivity contribution in [2.24, 2.45) is 5.73 Å². The van der Waals surface area contributed by atoms with Crippen molar-refractivity contribution in [2.45, 2.75) is 46.2 Å². The molecule has 17 heavy (non-hydrogen) atoms. The summed E-state index contributed by atoms with van der Waals surface area (Å²) in [4.78, 5) is 4.74. The van der Waals surface area contributed by atoms with Gasteiger partial charge in [-0.1, -0.05) is 19.4 Å². The van der Waals surface area contributed by atoms with Crippen molar-refractivity contribution in [3.63, 3.8) is 0 Å². The first kappa shape index (κ1) is 12.1. The largest absolute Gasteiger partial charge is 0.328 e. The van der Waals surface area contributed by atoms with Crippen molar-refractivity contribution in [2.75, 3.05) is 0 Å². The molecule has 92 valence electrons. The molecule has 0 bridgehead atoms. The molecule has 2 aromatic rings. The van der Waals surface area contributed by atoms with Crippen LogP contribution in [0.1, 0.15) is 38.1 Å². The van der Waals surface area contributed by atoms with Crippen LogP contribution in [0.5, 0.6) is 0 Å². The van der Waals surface area contributed by atoms with Crippen LogP contribution in [0.4, 0.5) is 0 Å². The first-order valence-electron chi connectivity index (χ1n) is 6.48. The van der Waals surface area contributed by atoms with Crippen LogP contribution in [0.25, 0.3) is 11.0 Å². The van der Waals surface area contributed by atoms with Gasteiger partial charge in [-0.05, 0) is 31.0 Å². The molecule has 1 aromatic heterocycles. The third-order valence-electron chi connectivity index (χ3n) is 3.20. The lowest BCUT2D eigenvalue weighted by Gasteiger charge is -2.05. The van der Waals surface area contributed by atoms with E-state index in [-0.39, 0.29) is 0 Å². The van der Waals surface area contributed by atoms with E-state index in [1.807, 2.05) is 0 Å². The van der Waals surface area contributed by atoms with Gasteiger partial charge in [-0.2, -0.15) is 0 Å². The predicted octanol–water partition coefficient (Wildman–Crippen LogP) is 2.86. The lowest BCUT2D eigenvalue weighted by atomic mass is 10.2. The number of unbranched alkanes of at least 4 members (excludes halogenated alkanes) is 1. The number of nitrogens with two attached hydrogens (primary N) is 1. The maximum atomic E-state index is 5.66. The highest BCUT2D eigenvalue weighted by atomic mass is 15.1. The molecule has 2 N–H and O–H groups in total. The van der Waals surface area contributed by atoms with Gasteiger partial charge in [0.2, 0.25) is 0 Å². The van der Waals surface area contributed by atoms with Crippen LogP contribution in [-0.4, -0.2) is 9.55 Å².